The topological polar surface area (TPSA) is 15.3 Å². The van der Waals surface area contributed by atoms with Gasteiger partial charge in [-0.25, -0.2) is 0 Å². The van der Waals surface area contributed by atoms with Crippen molar-refractivity contribution < 1.29 is 0 Å². The van der Waals surface area contributed by atoms with E-state index in [0.29, 0.717) is 0 Å². The van der Waals surface area contributed by atoms with Crippen LogP contribution in [0.25, 0.3) is 0 Å². The van der Waals surface area contributed by atoms with E-state index in [1.807, 2.05) is 0 Å². The van der Waals surface area contributed by atoms with Crippen molar-refractivity contribution in [3.05, 3.63) is 0 Å². The Labute approximate surface area is 106 Å². The Hall–Kier alpha value is -0.0800. The van der Waals surface area contributed by atoms with Gasteiger partial charge in [-0.1, -0.05) is 12.8 Å². The van der Waals surface area contributed by atoms with Crippen molar-refractivity contribution in [2.45, 2.75) is 57.4 Å². The van der Waals surface area contributed by atoms with Crippen molar-refractivity contribution in [1.82, 2.24) is 10.2 Å². The van der Waals surface area contributed by atoms with E-state index in [1.54, 1.807) is 0 Å². The maximum atomic E-state index is 3.50. The van der Waals surface area contributed by atoms with E-state index >= 15 is 0 Å². The van der Waals surface area contributed by atoms with Crippen LogP contribution in [-0.2, 0) is 0 Å². The van der Waals surface area contributed by atoms with Crippen LogP contribution >= 0.6 is 0 Å². The highest BCUT2D eigenvalue weighted by molar-refractivity contribution is 4.85. The molecule has 0 aromatic carbocycles. The minimum atomic E-state index is 0.962. The quantitative estimate of drug-likeness (QED) is 0.793. The van der Waals surface area contributed by atoms with Gasteiger partial charge in [-0.2, -0.15) is 0 Å². The molecule has 0 unspecified atom stereocenters. The van der Waals surface area contributed by atoms with Gasteiger partial charge >= 0.3 is 0 Å². The zero-order chi connectivity index (χ0) is 11.5. The number of nitrogens with one attached hydrogen (secondary N) is 1. The molecule has 3 aliphatic rings. The summed E-state index contributed by atoms with van der Waals surface area (Å²) in [6.07, 6.45) is 11.8. The molecular formula is C15H28N2. The second-order valence-corrected chi connectivity index (χ2v) is 6.40. The van der Waals surface area contributed by atoms with Crippen LogP contribution in [0.5, 0.6) is 0 Å². The number of hydrogen-bond donors (Lipinski definition) is 1. The van der Waals surface area contributed by atoms with Crippen LogP contribution in [0.15, 0.2) is 0 Å². The Morgan fingerprint density at radius 1 is 0.706 bits per heavy atom. The zero-order valence-corrected chi connectivity index (χ0v) is 11.2. The molecular weight excluding hydrogens is 208 g/mol. The van der Waals surface area contributed by atoms with Gasteiger partial charge in [0.05, 0.1) is 0 Å². The molecule has 3 fully saturated rings. The van der Waals surface area contributed by atoms with Crippen molar-refractivity contribution in [3.8, 4) is 0 Å². The van der Waals surface area contributed by atoms with Gasteiger partial charge in [0.25, 0.3) is 0 Å². The van der Waals surface area contributed by atoms with E-state index in [-0.39, 0.29) is 0 Å². The summed E-state index contributed by atoms with van der Waals surface area (Å²) in [7, 11) is 0. The Morgan fingerprint density at radius 2 is 1.29 bits per heavy atom. The number of rotatable bonds is 2. The van der Waals surface area contributed by atoms with E-state index in [2.05, 4.69) is 10.2 Å². The fourth-order valence-electron chi connectivity index (χ4n) is 4.34. The van der Waals surface area contributed by atoms with Gasteiger partial charge in [0, 0.05) is 6.04 Å². The molecule has 0 radical (unpaired) electrons. The predicted octanol–water partition coefficient (Wildman–Crippen LogP) is 2.64. The van der Waals surface area contributed by atoms with Crippen molar-refractivity contribution in [2.24, 2.45) is 11.8 Å². The molecule has 98 valence electrons. The second kappa shape index (κ2) is 5.71. The average Bonchev–Trinajstić information content (AvgIpc) is 2.94. The summed E-state index contributed by atoms with van der Waals surface area (Å²) in [5, 5.41) is 3.50. The van der Waals surface area contributed by atoms with Crippen LogP contribution in [0, 0.1) is 11.8 Å². The molecule has 1 N–H and O–H groups in total. The molecule has 0 amide bonds. The molecule has 1 saturated carbocycles. The highest BCUT2D eigenvalue weighted by Crippen LogP contribution is 2.33. The lowest BCUT2D eigenvalue weighted by Crippen LogP contribution is -2.43. The maximum absolute atomic E-state index is 3.50. The summed E-state index contributed by atoms with van der Waals surface area (Å²) in [4.78, 5) is 2.81. The van der Waals surface area contributed by atoms with Crippen molar-refractivity contribution in [2.75, 3.05) is 26.2 Å². The third kappa shape index (κ3) is 2.85. The molecule has 0 bridgehead atoms. The highest BCUT2D eigenvalue weighted by atomic mass is 15.2. The third-order valence-corrected chi connectivity index (χ3v) is 5.47. The standard InChI is InChI=1S/C15H28N2/c1-2-4-15(3-1)17-11-7-14(8-12-17)13-5-9-16-10-6-13/h13-16H,1-12H2. The van der Waals surface area contributed by atoms with Crippen LogP contribution in [0.2, 0.25) is 0 Å². The van der Waals surface area contributed by atoms with Crippen LogP contribution < -0.4 is 5.32 Å². The fourth-order valence-corrected chi connectivity index (χ4v) is 4.34. The molecule has 2 nitrogen and oxygen atoms in total. The van der Waals surface area contributed by atoms with E-state index < -0.39 is 0 Å². The van der Waals surface area contributed by atoms with Gasteiger partial charge in [-0.15, -0.1) is 0 Å². The number of hydrogen-bond acceptors (Lipinski definition) is 2. The van der Waals surface area contributed by atoms with Gasteiger partial charge in [0.15, 0.2) is 0 Å². The zero-order valence-electron chi connectivity index (χ0n) is 11.2. The van der Waals surface area contributed by atoms with Crippen LogP contribution in [-0.4, -0.2) is 37.1 Å². The fraction of sp³-hybridized carbons (Fsp3) is 1.00. The summed E-state index contributed by atoms with van der Waals surface area (Å²) < 4.78 is 0. The minimum Gasteiger partial charge on any atom is -0.317 e. The first-order valence-corrected chi connectivity index (χ1v) is 7.88. The molecule has 2 heteroatoms. The Kier molecular flexibility index (Phi) is 4.02. The molecule has 1 aliphatic carbocycles. The first-order valence-electron chi connectivity index (χ1n) is 7.88. The summed E-state index contributed by atoms with van der Waals surface area (Å²) >= 11 is 0. The lowest BCUT2D eigenvalue weighted by Gasteiger charge is -2.40. The molecule has 2 aliphatic heterocycles. The SMILES string of the molecule is C1CCC(N2CCC(C3CCNCC3)CC2)C1. The van der Waals surface area contributed by atoms with Crippen LogP contribution in [0.3, 0.4) is 0 Å². The lowest BCUT2D eigenvalue weighted by molar-refractivity contribution is 0.0988. The Balaban J connectivity index is 1.46. The summed E-state index contributed by atoms with van der Waals surface area (Å²) in [5.41, 5.74) is 0. The molecule has 0 atom stereocenters. The molecule has 3 rings (SSSR count). The van der Waals surface area contributed by atoms with E-state index in [0.717, 1.165) is 17.9 Å². The first-order chi connectivity index (χ1) is 8.43. The normalized spacial score (nSPS) is 31.1. The number of likely N-dealkylation sites (tertiary alicyclic amines) is 1. The largest absolute Gasteiger partial charge is 0.317 e. The van der Waals surface area contributed by atoms with Crippen LogP contribution in [0.4, 0.5) is 0 Å². The molecule has 0 spiro atoms. The number of piperidine rings is 2. The molecule has 0 aromatic heterocycles. The maximum Gasteiger partial charge on any atom is 0.00952 e. The molecule has 2 saturated heterocycles. The summed E-state index contributed by atoms with van der Waals surface area (Å²) in [6, 6.07) is 0.962. The van der Waals surface area contributed by atoms with Gasteiger partial charge in [0.1, 0.15) is 0 Å². The van der Waals surface area contributed by atoms with Gasteiger partial charge in [0.2, 0.25) is 0 Å². The van der Waals surface area contributed by atoms with E-state index in [4.69, 9.17) is 0 Å². The Bertz CT molecular complexity index is 221. The van der Waals surface area contributed by atoms with Gasteiger partial charge in [-0.05, 0) is 76.5 Å². The van der Waals surface area contributed by atoms with E-state index in [1.165, 1.54) is 77.5 Å². The van der Waals surface area contributed by atoms with Crippen molar-refractivity contribution in [3.63, 3.8) is 0 Å². The van der Waals surface area contributed by atoms with Crippen molar-refractivity contribution >= 4 is 0 Å². The summed E-state index contributed by atoms with van der Waals surface area (Å²) in [5.74, 6) is 2.09. The van der Waals surface area contributed by atoms with Gasteiger partial charge in [-0.3, -0.25) is 0 Å². The predicted molar refractivity (Wildman–Crippen MR) is 72.1 cm³/mol. The van der Waals surface area contributed by atoms with E-state index in [9.17, 15) is 0 Å². The molecule has 17 heavy (non-hydrogen) atoms. The summed E-state index contributed by atoms with van der Waals surface area (Å²) in [6.45, 7) is 5.35. The van der Waals surface area contributed by atoms with Crippen LogP contribution in [0.1, 0.15) is 51.4 Å². The van der Waals surface area contributed by atoms with Crippen molar-refractivity contribution in [1.29, 1.82) is 0 Å². The van der Waals surface area contributed by atoms with Gasteiger partial charge < -0.3 is 10.2 Å². The third-order valence-electron chi connectivity index (χ3n) is 5.47. The smallest absolute Gasteiger partial charge is 0.00952 e. The second-order valence-electron chi connectivity index (χ2n) is 6.40. The molecule has 2 heterocycles. The first kappa shape index (κ1) is 12.0. The molecule has 0 aromatic rings. The average molecular weight is 236 g/mol. The monoisotopic (exact) mass is 236 g/mol. The Morgan fingerprint density at radius 3 is 1.94 bits per heavy atom. The lowest BCUT2D eigenvalue weighted by atomic mass is 9.79. The highest BCUT2D eigenvalue weighted by Gasteiger charge is 2.30. The number of nitrogens with zero attached hydrogens (tertiary/aromatic N) is 1. The minimum absolute atomic E-state index is 0.962.